The molecule has 1 fully saturated rings. The monoisotopic (exact) mass is 434 g/mol. The third-order valence-electron chi connectivity index (χ3n) is 4.87. The quantitative estimate of drug-likeness (QED) is 0.704. The van der Waals surface area contributed by atoms with Crippen LogP contribution in [-0.4, -0.2) is 75.5 Å². The highest BCUT2D eigenvalue weighted by atomic mass is 32.2. The summed E-state index contributed by atoms with van der Waals surface area (Å²) in [5.74, 6) is 0.946. The zero-order valence-electron chi connectivity index (χ0n) is 17.1. The molecule has 1 N–H and O–H groups in total. The van der Waals surface area contributed by atoms with Gasteiger partial charge in [0.1, 0.15) is 16.4 Å². The Morgan fingerprint density at radius 3 is 2.67 bits per heavy atom. The van der Waals surface area contributed by atoms with E-state index in [1.165, 1.54) is 17.6 Å². The van der Waals surface area contributed by atoms with Gasteiger partial charge in [0, 0.05) is 38.1 Å². The zero-order chi connectivity index (χ0) is 21.6. The van der Waals surface area contributed by atoms with Gasteiger partial charge in [0.15, 0.2) is 0 Å². The molecule has 1 aliphatic rings. The van der Waals surface area contributed by atoms with Gasteiger partial charge in [-0.05, 0) is 37.2 Å². The van der Waals surface area contributed by atoms with E-state index < -0.39 is 10.0 Å². The predicted molar refractivity (Wildman–Crippen MR) is 112 cm³/mol. The summed E-state index contributed by atoms with van der Waals surface area (Å²) in [4.78, 5) is 18.6. The van der Waals surface area contributed by atoms with E-state index in [0.717, 1.165) is 0 Å². The van der Waals surface area contributed by atoms with Crippen molar-refractivity contribution < 1.29 is 22.7 Å². The van der Waals surface area contributed by atoms with E-state index in [9.17, 15) is 13.2 Å². The number of pyridine rings is 1. The lowest BCUT2D eigenvalue weighted by molar-refractivity contribution is -0.117. The first-order chi connectivity index (χ1) is 14.4. The zero-order valence-corrected chi connectivity index (χ0v) is 17.9. The molecule has 2 aromatic rings. The molecule has 0 atom stereocenters. The Morgan fingerprint density at radius 2 is 1.97 bits per heavy atom. The first-order valence-electron chi connectivity index (χ1n) is 9.58. The number of carbonyl (C=O) groups excluding carboxylic acids is 1. The van der Waals surface area contributed by atoms with Crippen LogP contribution in [-0.2, 0) is 14.8 Å². The molecule has 0 saturated carbocycles. The number of nitrogens with one attached hydrogen (secondary N) is 1. The second-order valence-corrected chi connectivity index (χ2v) is 8.77. The smallest absolute Gasteiger partial charge is 0.244 e. The number of hydrogen-bond acceptors (Lipinski definition) is 7. The summed E-state index contributed by atoms with van der Waals surface area (Å²) in [5, 5.41) is 2.85. The number of methoxy groups -OCH3 is 2. The van der Waals surface area contributed by atoms with Gasteiger partial charge in [-0.15, -0.1) is 0 Å². The lowest BCUT2D eigenvalue weighted by Gasteiger charge is -2.21. The molecule has 1 aromatic heterocycles. The molecule has 0 aliphatic carbocycles. The highest BCUT2D eigenvalue weighted by molar-refractivity contribution is 7.89. The van der Waals surface area contributed by atoms with Gasteiger partial charge in [-0.25, -0.2) is 8.42 Å². The van der Waals surface area contributed by atoms with Crippen molar-refractivity contribution in [1.29, 1.82) is 0 Å². The van der Waals surface area contributed by atoms with Crippen molar-refractivity contribution in [2.45, 2.75) is 11.3 Å². The van der Waals surface area contributed by atoms with E-state index in [4.69, 9.17) is 9.47 Å². The molecule has 9 nitrogen and oxygen atoms in total. The molecule has 0 bridgehead atoms. The Balaban J connectivity index is 1.59. The highest BCUT2D eigenvalue weighted by Gasteiger charge is 2.27. The van der Waals surface area contributed by atoms with Gasteiger partial charge in [-0.3, -0.25) is 14.7 Å². The number of nitrogens with zero attached hydrogens (tertiary/aromatic N) is 3. The predicted octanol–water partition coefficient (Wildman–Crippen LogP) is 1.43. The number of ether oxygens (including phenoxy) is 2. The molecule has 0 spiro atoms. The normalized spacial score (nSPS) is 15.9. The van der Waals surface area contributed by atoms with Gasteiger partial charge in [0.2, 0.25) is 15.9 Å². The Hall–Kier alpha value is -2.69. The Kier molecular flexibility index (Phi) is 7.24. The van der Waals surface area contributed by atoms with E-state index in [1.807, 2.05) is 4.90 Å². The average Bonchev–Trinajstić information content (AvgIpc) is 3.00. The van der Waals surface area contributed by atoms with Crippen LogP contribution in [0.3, 0.4) is 0 Å². The van der Waals surface area contributed by atoms with Crippen molar-refractivity contribution in [2.75, 3.05) is 52.3 Å². The van der Waals surface area contributed by atoms with Crippen LogP contribution in [0.1, 0.15) is 6.42 Å². The maximum absolute atomic E-state index is 12.8. The van der Waals surface area contributed by atoms with Gasteiger partial charge in [-0.2, -0.15) is 4.31 Å². The van der Waals surface area contributed by atoms with Crippen LogP contribution in [0, 0.1) is 0 Å². The molecule has 162 valence electrons. The summed E-state index contributed by atoms with van der Waals surface area (Å²) >= 11 is 0. The summed E-state index contributed by atoms with van der Waals surface area (Å²) in [6.07, 6.45) is 3.53. The van der Waals surface area contributed by atoms with Crippen LogP contribution >= 0.6 is 0 Å². The molecule has 3 rings (SSSR count). The second-order valence-electron chi connectivity index (χ2n) is 6.84. The summed E-state index contributed by atoms with van der Waals surface area (Å²) in [5.41, 5.74) is 0.555. The standard InChI is InChI=1S/C20H26N4O5S/c1-28-16-6-7-18(19(13-16)29-2)22-20(25)15-23-9-4-10-24(12-11-23)30(26,27)17-5-3-8-21-14-17/h3,5-8,13-14H,4,9-12,15H2,1-2H3,(H,22,25). The van der Waals surface area contributed by atoms with Crippen LogP contribution in [0.15, 0.2) is 47.6 Å². The van der Waals surface area contributed by atoms with E-state index in [1.54, 1.807) is 43.6 Å². The number of hydrogen-bond donors (Lipinski definition) is 1. The largest absolute Gasteiger partial charge is 0.497 e. The minimum Gasteiger partial charge on any atom is -0.497 e. The van der Waals surface area contributed by atoms with E-state index >= 15 is 0 Å². The summed E-state index contributed by atoms with van der Waals surface area (Å²) in [6, 6.07) is 8.31. The molecule has 0 radical (unpaired) electrons. The molecule has 0 unspecified atom stereocenters. The van der Waals surface area contributed by atoms with Crippen LogP contribution in [0.5, 0.6) is 11.5 Å². The molecule has 1 aromatic carbocycles. The van der Waals surface area contributed by atoms with Crippen LogP contribution in [0.25, 0.3) is 0 Å². The van der Waals surface area contributed by atoms with Crippen molar-refractivity contribution >= 4 is 21.6 Å². The van der Waals surface area contributed by atoms with Gasteiger partial charge >= 0.3 is 0 Å². The molecule has 30 heavy (non-hydrogen) atoms. The highest BCUT2D eigenvalue weighted by Crippen LogP contribution is 2.29. The van der Waals surface area contributed by atoms with Crippen molar-refractivity contribution in [2.24, 2.45) is 0 Å². The SMILES string of the molecule is COc1ccc(NC(=O)CN2CCCN(S(=O)(=O)c3cccnc3)CC2)c(OC)c1. The number of anilines is 1. The molecule has 1 saturated heterocycles. The number of benzene rings is 1. The van der Waals surface area contributed by atoms with Crippen molar-refractivity contribution in [3.63, 3.8) is 0 Å². The first kappa shape index (κ1) is 22.0. The number of aromatic nitrogens is 1. The van der Waals surface area contributed by atoms with Crippen molar-refractivity contribution in [3.8, 4) is 11.5 Å². The first-order valence-corrected chi connectivity index (χ1v) is 11.0. The van der Waals surface area contributed by atoms with E-state index in [2.05, 4.69) is 10.3 Å². The lowest BCUT2D eigenvalue weighted by Crippen LogP contribution is -2.38. The molecule has 10 heteroatoms. The fraction of sp³-hybridized carbons (Fsp3) is 0.400. The van der Waals surface area contributed by atoms with Crippen LogP contribution in [0.2, 0.25) is 0 Å². The number of sulfonamides is 1. The Labute approximate surface area is 176 Å². The number of amides is 1. The molecular weight excluding hydrogens is 408 g/mol. The molecular formula is C20H26N4O5S. The van der Waals surface area contributed by atoms with Crippen LogP contribution in [0.4, 0.5) is 5.69 Å². The fourth-order valence-corrected chi connectivity index (χ4v) is 4.72. The molecule has 1 aliphatic heterocycles. The maximum Gasteiger partial charge on any atom is 0.244 e. The van der Waals surface area contributed by atoms with Crippen LogP contribution < -0.4 is 14.8 Å². The van der Waals surface area contributed by atoms with Crippen molar-refractivity contribution in [3.05, 3.63) is 42.7 Å². The number of rotatable bonds is 7. The van der Waals surface area contributed by atoms with Gasteiger partial charge in [-0.1, -0.05) is 0 Å². The Morgan fingerprint density at radius 1 is 1.13 bits per heavy atom. The minimum atomic E-state index is -3.59. The topological polar surface area (TPSA) is 101 Å². The summed E-state index contributed by atoms with van der Waals surface area (Å²) in [7, 11) is -0.502. The minimum absolute atomic E-state index is 0.163. The molecule has 2 heterocycles. The average molecular weight is 435 g/mol. The molecule has 1 amide bonds. The number of carbonyl (C=O) groups is 1. The lowest BCUT2D eigenvalue weighted by atomic mass is 10.2. The third kappa shape index (κ3) is 5.26. The fourth-order valence-electron chi connectivity index (χ4n) is 3.29. The maximum atomic E-state index is 12.8. The van der Waals surface area contributed by atoms with E-state index in [0.29, 0.717) is 49.8 Å². The summed E-state index contributed by atoms with van der Waals surface area (Å²) in [6.45, 7) is 1.98. The Bertz CT molecular complexity index is 968. The third-order valence-corrected chi connectivity index (χ3v) is 6.75. The van der Waals surface area contributed by atoms with Gasteiger partial charge in [0.25, 0.3) is 0 Å². The van der Waals surface area contributed by atoms with Gasteiger partial charge in [0.05, 0.1) is 26.5 Å². The second kappa shape index (κ2) is 9.88. The van der Waals surface area contributed by atoms with E-state index in [-0.39, 0.29) is 17.3 Å². The van der Waals surface area contributed by atoms with Gasteiger partial charge < -0.3 is 14.8 Å². The van der Waals surface area contributed by atoms with Crippen molar-refractivity contribution in [1.82, 2.24) is 14.2 Å². The summed E-state index contributed by atoms with van der Waals surface area (Å²) < 4.78 is 37.5.